The van der Waals surface area contributed by atoms with Gasteiger partial charge in [0.15, 0.2) is 0 Å². The lowest BCUT2D eigenvalue weighted by Gasteiger charge is -2.22. The second-order valence-corrected chi connectivity index (χ2v) is 6.51. The van der Waals surface area contributed by atoms with Crippen LogP contribution in [0.3, 0.4) is 0 Å². The number of ether oxygens (including phenoxy) is 1. The van der Waals surface area contributed by atoms with Crippen LogP contribution in [0.5, 0.6) is 0 Å². The molecule has 0 radical (unpaired) electrons. The maximum Gasteiger partial charge on any atom is 0.0771 e. The highest BCUT2D eigenvalue weighted by Gasteiger charge is 2.39. The third-order valence-electron chi connectivity index (χ3n) is 5.14. The van der Waals surface area contributed by atoms with Crippen LogP contribution in [-0.2, 0) is 11.3 Å². The van der Waals surface area contributed by atoms with Gasteiger partial charge in [0.25, 0.3) is 0 Å². The van der Waals surface area contributed by atoms with Crippen LogP contribution in [0.15, 0.2) is 12.4 Å². The normalized spacial score (nSPS) is 37.1. The highest BCUT2D eigenvalue weighted by Crippen LogP contribution is 2.45. The van der Waals surface area contributed by atoms with Crippen LogP contribution >= 0.6 is 0 Å². The van der Waals surface area contributed by atoms with Gasteiger partial charge in [0.05, 0.1) is 24.5 Å². The van der Waals surface area contributed by atoms with Gasteiger partial charge in [-0.05, 0) is 43.9 Å². The van der Waals surface area contributed by atoms with Gasteiger partial charge in [0.1, 0.15) is 0 Å². The van der Waals surface area contributed by atoms with E-state index in [0.29, 0.717) is 12.1 Å². The third kappa shape index (κ3) is 2.38. The number of rotatable bonds is 4. The molecule has 4 heteroatoms. The fourth-order valence-electron chi connectivity index (χ4n) is 4.17. The van der Waals surface area contributed by atoms with Gasteiger partial charge in [-0.1, -0.05) is 6.42 Å². The van der Waals surface area contributed by atoms with E-state index in [2.05, 4.69) is 16.6 Å². The summed E-state index contributed by atoms with van der Waals surface area (Å²) in [5, 5.41) is 8.15. The largest absolute Gasteiger partial charge is 0.379 e. The lowest BCUT2D eigenvalue weighted by atomic mass is 9.95. The molecule has 2 aliphatic carbocycles. The number of nitrogens with one attached hydrogen (secondary N) is 1. The summed E-state index contributed by atoms with van der Waals surface area (Å²) < 4.78 is 7.69. The van der Waals surface area contributed by atoms with Crippen molar-refractivity contribution >= 4 is 5.69 Å². The van der Waals surface area contributed by atoms with E-state index in [9.17, 15) is 0 Å². The van der Waals surface area contributed by atoms with Crippen molar-refractivity contribution in [1.29, 1.82) is 0 Å². The van der Waals surface area contributed by atoms with Gasteiger partial charge in [-0.3, -0.25) is 4.68 Å². The van der Waals surface area contributed by atoms with E-state index in [4.69, 9.17) is 4.74 Å². The molecule has 2 heterocycles. The quantitative estimate of drug-likeness (QED) is 0.905. The fourth-order valence-corrected chi connectivity index (χ4v) is 4.17. The number of fused-ring (bicyclic) bond motifs is 2. The topological polar surface area (TPSA) is 39.1 Å². The number of anilines is 1. The SMILES string of the molecule is c1nn(CC2CCCO2)cc1NC1CC2CCC1C2. The van der Waals surface area contributed by atoms with Crippen molar-refractivity contribution in [3.8, 4) is 0 Å². The Labute approximate surface area is 114 Å². The van der Waals surface area contributed by atoms with Crippen LogP contribution in [-0.4, -0.2) is 28.5 Å². The van der Waals surface area contributed by atoms with E-state index in [-0.39, 0.29) is 0 Å². The predicted molar refractivity (Wildman–Crippen MR) is 74.1 cm³/mol. The standard InChI is InChI=1S/C15H23N3O/c1-2-14(19-5-1)10-18-9-13(8-16-18)17-15-7-11-3-4-12(15)6-11/h8-9,11-12,14-15,17H,1-7,10H2. The number of hydrogen-bond acceptors (Lipinski definition) is 3. The minimum atomic E-state index is 0.371. The molecule has 2 saturated carbocycles. The molecule has 1 aromatic rings. The zero-order chi connectivity index (χ0) is 12.7. The lowest BCUT2D eigenvalue weighted by molar-refractivity contribution is 0.0940. The minimum absolute atomic E-state index is 0.371. The molecule has 0 aromatic carbocycles. The average Bonchev–Trinajstić information content (AvgIpc) is 3.14. The van der Waals surface area contributed by atoms with Crippen LogP contribution in [0.1, 0.15) is 38.5 Å². The number of nitrogens with zero attached hydrogens (tertiary/aromatic N) is 2. The second-order valence-electron chi connectivity index (χ2n) is 6.51. The van der Waals surface area contributed by atoms with Crippen molar-refractivity contribution in [2.24, 2.45) is 11.8 Å². The Morgan fingerprint density at radius 2 is 2.32 bits per heavy atom. The Hall–Kier alpha value is -1.03. The fraction of sp³-hybridized carbons (Fsp3) is 0.800. The molecule has 104 valence electrons. The molecule has 19 heavy (non-hydrogen) atoms. The summed E-state index contributed by atoms with van der Waals surface area (Å²) in [4.78, 5) is 0. The molecule has 1 aromatic heterocycles. The van der Waals surface area contributed by atoms with Crippen molar-refractivity contribution in [1.82, 2.24) is 9.78 Å². The number of hydrogen-bond donors (Lipinski definition) is 1. The van der Waals surface area contributed by atoms with Gasteiger partial charge in [-0.15, -0.1) is 0 Å². The zero-order valence-corrected chi connectivity index (χ0v) is 11.4. The molecular weight excluding hydrogens is 238 g/mol. The van der Waals surface area contributed by atoms with Gasteiger partial charge < -0.3 is 10.1 Å². The number of aromatic nitrogens is 2. The van der Waals surface area contributed by atoms with E-state index >= 15 is 0 Å². The van der Waals surface area contributed by atoms with Gasteiger partial charge in [-0.2, -0.15) is 5.10 Å². The first-order valence-corrected chi connectivity index (χ1v) is 7.77. The molecule has 1 aliphatic heterocycles. The molecule has 4 atom stereocenters. The maximum atomic E-state index is 5.66. The molecule has 4 rings (SSSR count). The predicted octanol–water partition coefficient (Wildman–Crippen LogP) is 2.66. The maximum absolute atomic E-state index is 5.66. The molecule has 1 saturated heterocycles. The minimum Gasteiger partial charge on any atom is -0.379 e. The first-order chi connectivity index (χ1) is 9.37. The summed E-state index contributed by atoms with van der Waals surface area (Å²) in [6.07, 6.45) is 12.6. The third-order valence-corrected chi connectivity index (χ3v) is 5.14. The van der Waals surface area contributed by atoms with Crippen LogP contribution in [0.25, 0.3) is 0 Å². The molecular formula is C15H23N3O. The van der Waals surface area contributed by atoms with Gasteiger partial charge in [0, 0.05) is 18.8 Å². The van der Waals surface area contributed by atoms with Crippen molar-refractivity contribution < 1.29 is 4.74 Å². The van der Waals surface area contributed by atoms with Crippen molar-refractivity contribution in [2.75, 3.05) is 11.9 Å². The smallest absolute Gasteiger partial charge is 0.0771 e. The zero-order valence-electron chi connectivity index (χ0n) is 11.4. The molecule has 0 amide bonds. The van der Waals surface area contributed by atoms with Crippen LogP contribution in [0.4, 0.5) is 5.69 Å². The Bertz CT molecular complexity index is 438. The molecule has 1 N–H and O–H groups in total. The summed E-state index contributed by atoms with van der Waals surface area (Å²) in [7, 11) is 0. The Morgan fingerprint density at radius 1 is 1.32 bits per heavy atom. The molecule has 3 aliphatic rings. The molecule has 2 bridgehead atoms. The molecule has 4 unspecified atom stereocenters. The first-order valence-electron chi connectivity index (χ1n) is 7.77. The van der Waals surface area contributed by atoms with Crippen LogP contribution in [0.2, 0.25) is 0 Å². The molecule has 3 fully saturated rings. The summed E-state index contributed by atoms with van der Waals surface area (Å²) >= 11 is 0. The van der Waals surface area contributed by atoms with Crippen molar-refractivity contribution in [2.45, 2.75) is 57.2 Å². The summed E-state index contributed by atoms with van der Waals surface area (Å²) in [5.41, 5.74) is 1.19. The average molecular weight is 261 g/mol. The van der Waals surface area contributed by atoms with Crippen molar-refractivity contribution in [3.05, 3.63) is 12.4 Å². The summed E-state index contributed by atoms with van der Waals surface area (Å²) in [6.45, 7) is 1.82. The Kier molecular flexibility index (Phi) is 2.98. The van der Waals surface area contributed by atoms with Crippen LogP contribution < -0.4 is 5.32 Å². The lowest BCUT2D eigenvalue weighted by Crippen LogP contribution is -2.25. The summed E-state index contributed by atoms with van der Waals surface area (Å²) in [5.74, 6) is 1.90. The Balaban J connectivity index is 1.35. The van der Waals surface area contributed by atoms with E-state index in [1.54, 1.807) is 0 Å². The van der Waals surface area contributed by atoms with E-state index in [1.165, 1.54) is 44.2 Å². The van der Waals surface area contributed by atoms with Gasteiger partial charge in [-0.25, -0.2) is 0 Å². The summed E-state index contributed by atoms with van der Waals surface area (Å²) in [6, 6.07) is 0.694. The van der Waals surface area contributed by atoms with Crippen molar-refractivity contribution in [3.63, 3.8) is 0 Å². The second kappa shape index (κ2) is 4.82. The van der Waals surface area contributed by atoms with E-state index in [1.807, 2.05) is 10.9 Å². The van der Waals surface area contributed by atoms with Gasteiger partial charge in [0.2, 0.25) is 0 Å². The molecule has 4 nitrogen and oxygen atoms in total. The highest BCUT2D eigenvalue weighted by molar-refractivity contribution is 5.40. The van der Waals surface area contributed by atoms with E-state index < -0.39 is 0 Å². The van der Waals surface area contributed by atoms with E-state index in [0.717, 1.165) is 25.0 Å². The first kappa shape index (κ1) is 11.8. The highest BCUT2D eigenvalue weighted by atomic mass is 16.5. The van der Waals surface area contributed by atoms with Crippen LogP contribution in [0, 0.1) is 11.8 Å². The monoisotopic (exact) mass is 261 g/mol. The Morgan fingerprint density at radius 3 is 3.05 bits per heavy atom. The van der Waals surface area contributed by atoms with Gasteiger partial charge >= 0.3 is 0 Å². The molecule has 0 spiro atoms.